The van der Waals surface area contributed by atoms with E-state index in [0.717, 1.165) is 28.8 Å². The molecule has 8 nitrogen and oxygen atoms in total. The van der Waals surface area contributed by atoms with Gasteiger partial charge in [-0.05, 0) is 47.8 Å². The smallest absolute Gasteiger partial charge is 0.416 e. The van der Waals surface area contributed by atoms with E-state index in [1.165, 1.54) is 6.07 Å². The summed E-state index contributed by atoms with van der Waals surface area (Å²) in [5.74, 6) is -1.82. The summed E-state index contributed by atoms with van der Waals surface area (Å²) in [7, 11) is 1.61. The van der Waals surface area contributed by atoms with Crippen molar-refractivity contribution >= 4 is 17.3 Å². The third kappa shape index (κ3) is 7.45. The molecular weight excluding hydrogens is 589 g/mol. The van der Waals surface area contributed by atoms with Crippen molar-refractivity contribution in [3.8, 4) is 0 Å². The highest BCUT2D eigenvalue weighted by Gasteiger charge is 2.43. The molecule has 0 spiro atoms. The molecule has 1 unspecified atom stereocenters. The second-order valence-electron chi connectivity index (χ2n) is 11.1. The molecule has 3 aliphatic rings. The molecule has 1 saturated heterocycles. The van der Waals surface area contributed by atoms with E-state index in [9.17, 15) is 23.2 Å². The summed E-state index contributed by atoms with van der Waals surface area (Å²) in [6.07, 6.45) is -0.425. The molecule has 5 rings (SSSR count). The van der Waals surface area contributed by atoms with Crippen LogP contribution in [0.15, 0.2) is 88.5 Å². The monoisotopic (exact) mass is 627 g/mol. The number of carbonyl (C=O) groups is 1. The van der Waals surface area contributed by atoms with Gasteiger partial charge in [-0.3, -0.25) is 4.99 Å². The highest BCUT2D eigenvalue weighted by Crippen LogP contribution is 2.45. The number of hydrogen-bond donors (Lipinski definition) is 1. The van der Waals surface area contributed by atoms with Crippen molar-refractivity contribution in [2.75, 3.05) is 59.7 Å². The maximum absolute atomic E-state index is 13.3. The highest BCUT2D eigenvalue weighted by atomic mass is 19.4. The Bertz CT molecular complexity index is 1510. The zero-order chi connectivity index (χ0) is 32.1. The van der Waals surface area contributed by atoms with E-state index >= 15 is 0 Å². The average Bonchev–Trinajstić information content (AvgIpc) is 3.35. The van der Waals surface area contributed by atoms with Crippen LogP contribution in [-0.4, -0.2) is 87.0 Å². The molecule has 1 fully saturated rings. The summed E-state index contributed by atoms with van der Waals surface area (Å²) < 4.78 is 63.3. The quantitative estimate of drug-likeness (QED) is 0.199. The van der Waals surface area contributed by atoms with E-state index in [1.807, 2.05) is 36.4 Å². The molecule has 2 aromatic rings. The van der Waals surface area contributed by atoms with Gasteiger partial charge in [0, 0.05) is 19.0 Å². The Morgan fingerprint density at radius 2 is 1.80 bits per heavy atom. The Morgan fingerprint density at radius 1 is 1.07 bits per heavy atom. The Morgan fingerprint density at radius 3 is 2.49 bits per heavy atom. The van der Waals surface area contributed by atoms with Gasteiger partial charge in [0.05, 0.1) is 43.3 Å². The molecule has 2 aromatic carbocycles. The molecule has 240 valence electrons. The van der Waals surface area contributed by atoms with Gasteiger partial charge in [-0.25, -0.2) is 10.0 Å². The van der Waals surface area contributed by atoms with Gasteiger partial charge in [-0.1, -0.05) is 54.6 Å². The van der Waals surface area contributed by atoms with E-state index in [-0.39, 0.29) is 43.9 Å². The third-order valence-electron chi connectivity index (χ3n) is 8.21. The van der Waals surface area contributed by atoms with Gasteiger partial charge in [0.1, 0.15) is 26.2 Å². The Balaban J connectivity index is 1.43. The second kappa shape index (κ2) is 13.8. The first-order valence-electron chi connectivity index (χ1n) is 15.1. The number of nitrogens with zero attached hydrogens (tertiary/aromatic N) is 2. The molecule has 11 heteroatoms. The topological polar surface area (TPSA) is 86.6 Å². The van der Waals surface area contributed by atoms with Crippen LogP contribution in [0.4, 0.5) is 13.2 Å². The number of hydroxylamine groups is 3. The maximum atomic E-state index is 13.3. The Labute approximate surface area is 260 Å². The second-order valence-corrected chi connectivity index (χ2v) is 11.1. The minimum atomic E-state index is -4.45. The number of quaternary nitrogens is 1. The lowest BCUT2D eigenvalue weighted by atomic mass is 9.90. The fraction of sp³-hybridized carbons (Fsp3) is 0.412. The Kier molecular flexibility index (Phi) is 10.0. The zero-order valence-electron chi connectivity index (χ0n) is 25.4. The summed E-state index contributed by atoms with van der Waals surface area (Å²) in [5, 5.41) is 11.0. The Hall–Kier alpha value is -3.61. The van der Waals surface area contributed by atoms with Crippen LogP contribution in [-0.2, 0) is 36.3 Å². The number of aliphatic imine (C=N–C) groups is 1. The molecule has 2 aliphatic carbocycles. The number of halogens is 3. The molecule has 1 N–H and O–H groups in total. The molecule has 0 bridgehead atoms. The minimum absolute atomic E-state index is 0.0591. The van der Waals surface area contributed by atoms with Crippen molar-refractivity contribution in [1.29, 1.82) is 0 Å². The van der Waals surface area contributed by atoms with E-state index in [2.05, 4.69) is 4.99 Å². The van der Waals surface area contributed by atoms with Crippen LogP contribution in [0.1, 0.15) is 30.0 Å². The van der Waals surface area contributed by atoms with Crippen molar-refractivity contribution < 1.29 is 46.8 Å². The van der Waals surface area contributed by atoms with Gasteiger partial charge in [0.2, 0.25) is 0 Å². The molecule has 1 atom stereocenters. The van der Waals surface area contributed by atoms with E-state index in [0.29, 0.717) is 48.7 Å². The fourth-order valence-electron chi connectivity index (χ4n) is 5.89. The predicted molar refractivity (Wildman–Crippen MR) is 161 cm³/mol. The van der Waals surface area contributed by atoms with Crippen LogP contribution >= 0.6 is 0 Å². The normalized spacial score (nSPS) is 22.2. The van der Waals surface area contributed by atoms with Crippen LogP contribution in [0.3, 0.4) is 0 Å². The molecule has 1 aliphatic heterocycles. The number of alkyl halides is 3. The number of benzene rings is 2. The first-order chi connectivity index (χ1) is 21.6. The third-order valence-corrected chi connectivity index (χ3v) is 8.21. The number of rotatable bonds is 11. The number of esters is 1. The lowest BCUT2D eigenvalue weighted by molar-refractivity contribution is -1.11. The van der Waals surface area contributed by atoms with E-state index < -0.39 is 23.5 Å². The predicted octanol–water partition coefficient (Wildman–Crippen LogP) is 5.57. The highest BCUT2D eigenvalue weighted by molar-refractivity contribution is 6.36. The molecule has 0 aromatic heterocycles. The fourth-order valence-corrected chi connectivity index (χ4v) is 5.89. The first-order valence-corrected chi connectivity index (χ1v) is 15.1. The van der Waals surface area contributed by atoms with Crippen LogP contribution in [0, 0.1) is 0 Å². The molecular formula is C34H38F3N2O6+. The van der Waals surface area contributed by atoms with Crippen molar-refractivity contribution in [3.05, 3.63) is 100 Å². The maximum Gasteiger partial charge on any atom is 0.416 e. The first kappa shape index (κ1) is 32.8. The number of hydrogen-bond acceptors (Lipinski definition) is 7. The number of allylic oxidation sites excluding steroid dienone is 3. The SMILES string of the molecule is CCOC(=O)C1=C(c2ccccc2)C2=C(CC(OCCc3cccc(C(F)(F)F)c3)(OCC[N+]3(O)CCOCC3)C=C2)C1=NC. The summed E-state index contributed by atoms with van der Waals surface area (Å²) in [6, 6.07) is 14.7. The van der Waals surface area contributed by atoms with Gasteiger partial charge in [-0.2, -0.15) is 17.8 Å². The molecule has 45 heavy (non-hydrogen) atoms. The number of morpholine rings is 1. The lowest BCUT2D eigenvalue weighted by Crippen LogP contribution is -2.54. The largest absolute Gasteiger partial charge is 0.462 e. The van der Waals surface area contributed by atoms with Crippen LogP contribution in [0.5, 0.6) is 0 Å². The number of carbonyl (C=O) groups excluding carboxylic acids is 1. The van der Waals surface area contributed by atoms with Gasteiger partial charge >= 0.3 is 12.1 Å². The number of ether oxygens (including phenoxy) is 4. The van der Waals surface area contributed by atoms with Crippen molar-refractivity contribution in [3.63, 3.8) is 0 Å². The van der Waals surface area contributed by atoms with Gasteiger partial charge < -0.3 is 18.9 Å². The van der Waals surface area contributed by atoms with E-state index in [4.69, 9.17) is 18.9 Å². The van der Waals surface area contributed by atoms with Gasteiger partial charge in [-0.15, -0.1) is 0 Å². The minimum Gasteiger partial charge on any atom is -0.462 e. The van der Waals surface area contributed by atoms with Crippen molar-refractivity contribution in [2.24, 2.45) is 4.99 Å². The average molecular weight is 628 g/mol. The van der Waals surface area contributed by atoms with Crippen LogP contribution < -0.4 is 0 Å². The van der Waals surface area contributed by atoms with E-state index in [1.54, 1.807) is 26.1 Å². The summed E-state index contributed by atoms with van der Waals surface area (Å²) in [6.45, 7) is 4.15. The van der Waals surface area contributed by atoms with Crippen LogP contribution in [0.25, 0.3) is 5.57 Å². The zero-order valence-corrected chi connectivity index (χ0v) is 25.4. The van der Waals surface area contributed by atoms with Crippen molar-refractivity contribution in [1.82, 2.24) is 0 Å². The molecule has 1 heterocycles. The summed E-state index contributed by atoms with van der Waals surface area (Å²) in [5.41, 5.74) is 3.64. The van der Waals surface area contributed by atoms with Crippen molar-refractivity contribution in [2.45, 2.75) is 31.7 Å². The van der Waals surface area contributed by atoms with Crippen LogP contribution in [0.2, 0.25) is 0 Å². The van der Waals surface area contributed by atoms with Gasteiger partial charge in [0.15, 0.2) is 5.79 Å². The summed E-state index contributed by atoms with van der Waals surface area (Å²) >= 11 is 0. The lowest BCUT2D eigenvalue weighted by Gasteiger charge is -2.37. The standard InChI is InChI=1S/C34H38F3N2O6/c1-3-43-32(40)30-29(25-9-5-4-6-10-25)27-12-14-33(23-28(27)31(30)38-2,45-21-17-39(41)15-19-42-20-16-39)44-18-13-24-8-7-11-26(22-24)34(35,36)37/h4-12,14,22,41H,3,13,15-21,23H2,1-2H3/q+1. The molecule has 0 saturated carbocycles. The molecule has 0 amide bonds. The molecule has 0 radical (unpaired) electrons. The summed E-state index contributed by atoms with van der Waals surface area (Å²) in [4.78, 5) is 17.8. The van der Waals surface area contributed by atoms with Gasteiger partial charge in [0.25, 0.3) is 0 Å².